The van der Waals surface area contributed by atoms with Gasteiger partial charge in [0.1, 0.15) is 6.26 Å². The Labute approximate surface area is 90.6 Å². The summed E-state index contributed by atoms with van der Waals surface area (Å²) < 4.78 is 4.84. The van der Waals surface area contributed by atoms with E-state index in [-0.39, 0.29) is 0 Å². The average molecular weight is 209 g/mol. The Balaban J connectivity index is 1.89. The number of likely N-dealkylation sites (tertiary alicyclic amines) is 1. The van der Waals surface area contributed by atoms with Gasteiger partial charge in [0.05, 0.1) is 5.69 Å². The van der Waals surface area contributed by atoms with E-state index in [1.165, 1.54) is 12.8 Å². The number of nitrogens with zero attached hydrogens (tertiary/aromatic N) is 2. The molecule has 1 aliphatic rings. The topological polar surface area (TPSA) is 41.3 Å². The summed E-state index contributed by atoms with van der Waals surface area (Å²) in [4.78, 5) is 2.46. The molecular formula is C11H19N3O. The van der Waals surface area contributed by atoms with Crippen LogP contribution in [0.4, 0.5) is 0 Å². The number of hydrogen-bond donors (Lipinski definition) is 1. The number of nitrogens with one attached hydrogen (secondary N) is 1. The predicted octanol–water partition coefficient (Wildman–Crippen LogP) is 1.25. The van der Waals surface area contributed by atoms with E-state index in [0.717, 1.165) is 18.8 Å². The first-order valence-electron chi connectivity index (χ1n) is 5.60. The Morgan fingerprint density at radius 2 is 2.53 bits per heavy atom. The summed E-state index contributed by atoms with van der Waals surface area (Å²) in [5.74, 6) is 0. The van der Waals surface area contributed by atoms with Crippen LogP contribution in [0.15, 0.2) is 16.9 Å². The van der Waals surface area contributed by atoms with Gasteiger partial charge >= 0.3 is 0 Å². The standard InChI is InChI=1S/C11H19N3O/c1-9-7-10(12-2)3-5-14(9)8-11-4-6-15-13-11/h4,6,9-10,12H,3,5,7-8H2,1-2H3. The SMILES string of the molecule is CNC1CCN(Cc2ccon2)C(C)C1. The molecule has 0 saturated carbocycles. The minimum absolute atomic E-state index is 0.618. The van der Waals surface area contributed by atoms with Gasteiger partial charge in [-0.05, 0) is 26.8 Å². The summed E-state index contributed by atoms with van der Waals surface area (Å²) in [6.07, 6.45) is 4.08. The molecule has 0 radical (unpaired) electrons. The van der Waals surface area contributed by atoms with Crippen LogP contribution in [-0.4, -0.2) is 35.7 Å². The third-order valence-electron chi connectivity index (χ3n) is 3.28. The molecule has 0 spiro atoms. The van der Waals surface area contributed by atoms with Crippen molar-refractivity contribution in [2.75, 3.05) is 13.6 Å². The van der Waals surface area contributed by atoms with Crippen molar-refractivity contribution in [2.24, 2.45) is 0 Å². The van der Waals surface area contributed by atoms with E-state index in [9.17, 15) is 0 Å². The van der Waals surface area contributed by atoms with E-state index in [2.05, 4.69) is 22.3 Å². The maximum Gasteiger partial charge on any atom is 0.124 e. The molecule has 2 atom stereocenters. The molecule has 1 aromatic rings. The molecular weight excluding hydrogens is 190 g/mol. The zero-order valence-corrected chi connectivity index (χ0v) is 9.44. The van der Waals surface area contributed by atoms with Crippen molar-refractivity contribution in [1.29, 1.82) is 0 Å². The molecule has 1 aliphatic heterocycles. The van der Waals surface area contributed by atoms with Gasteiger partial charge in [-0.3, -0.25) is 4.90 Å². The lowest BCUT2D eigenvalue weighted by Gasteiger charge is -2.37. The summed E-state index contributed by atoms with van der Waals surface area (Å²) in [5.41, 5.74) is 1.03. The highest BCUT2D eigenvalue weighted by atomic mass is 16.5. The third-order valence-corrected chi connectivity index (χ3v) is 3.28. The molecule has 2 unspecified atom stereocenters. The fourth-order valence-corrected chi connectivity index (χ4v) is 2.24. The summed E-state index contributed by atoms with van der Waals surface area (Å²) in [5, 5.41) is 7.30. The second-order valence-corrected chi connectivity index (χ2v) is 4.32. The zero-order valence-electron chi connectivity index (χ0n) is 9.44. The molecule has 1 aromatic heterocycles. The van der Waals surface area contributed by atoms with Crippen LogP contribution in [0.25, 0.3) is 0 Å². The van der Waals surface area contributed by atoms with Gasteiger partial charge in [0.15, 0.2) is 0 Å². The number of hydrogen-bond acceptors (Lipinski definition) is 4. The summed E-state index contributed by atoms with van der Waals surface area (Å²) >= 11 is 0. The van der Waals surface area contributed by atoms with Crippen molar-refractivity contribution in [3.63, 3.8) is 0 Å². The molecule has 84 valence electrons. The van der Waals surface area contributed by atoms with Crippen LogP contribution in [0, 0.1) is 0 Å². The Morgan fingerprint density at radius 3 is 3.13 bits per heavy atom. The molecule has 1 N–H and O–H groups in total. The van der Waals surface area contributed by atoms with Gasteiger partial charge in [0.25, 0.3) is 0 Å². The Hall–Kier alpha value is -0.870. The first-order chi connectivity index (χ1) is 7.29. The van der Waals surface area contributed by atoms with Crippen LogP contribution in [0.2, 0.25) is 0 Å². The smallest absolute Gasteiger partial charge is 0.124 e. The van der Waals surface area contributed by atoms with Gasteiger partial charge < -0.3 is 9.84 Å². The van der Waals surface area contributed by atoms with Gasteiger partial charge in [-0.25, -0.2) is 0 Å². The summed E-state index contributed by atoms with van der Waals surface area (Å²) in [6.45, 7) is 4.33. The van der Waals surface area contributed by atoms with Gasteiger partial charge in [-0.15, -0.1) is 0 Å². The number of piperidine rings is 1. The minimum atomic E-state index is 0.618. The lowest BCUT2D eigenvalue weighted by atomic mass is 9.98. The van der Waals surface area contributed by atoms with E-state index in [1.54, 1.807) is 6.26 Å². The van der Waals surface area contributed by atoms with Gasteiger partial charge in [0.2, 0.25) is 0 Å². The molecule has 0 amide bonds. The third kappa shape index (κ3) is 2.58. The lowest BCUT2D eigenvalue weighted by Crippen LogP contribution is -2.46. The van der Waals surface area contributed by atoms with Crippen LogP contribution in [0.3, 0.4) is 0 Å². The Morgan fingerprint density at radius 1 is 1.67 bits per heavy atom. The predicted molar refractivity (Wildman–Crippen MR) is 58.5 cm³/mol. The summed E-state index contributed by atoms with van der Waals surface area (Å²) in [6, 6.07) is 3.23. The van der Waals surface area contributed by atoms with Crippen molar-refractivity contribution in [2.45, 2.75) is 38.4 Å². The van der Waals surface area contributed by atoms with Crippen LogP contribution < -0.4 is 5.32 Å². The first kappa shape index (κ1) is 10.6. The quantitative estimate of drug-likeness (QED) is 0.813. The van der Waals surface area contributed by atoms with Crippen LogP contribution >= 0.6 is 0 Å². The van der Waals surface area contributed by atoms with E-state index in [4.69, 9.17) is 4.52 Å². The molecule has 15 heavy (non-hydrogen) atoms. The fourth-order valence-electron chi connectivity index (χ4n) is 2.24. The molecule has 4 nitrogen and oxygen atoms in total. The minimum Gasteiger partial charge on any atom is -0.364 e. The summed E-state index contributed by atoms with van der Waals surface area (Å²) in [7, 11) is 2.05. The number of rotatable bonds is 3. The van der Waals surface area contributed by atoms with E-state index < -0.39 is 0 Å². The maximum absolute atomic E-state index is 4.84. The Kier molecular flexibility index (Phi) is 3.38. The van der Waals surface area contributed by atoms with Crippen LogP contribution in [0.5, 0.6) is 0 Å². The largest absolute Gasteiger partial charge is 0.364 e. The van der Waals surface area contributed by atoms with Crippen molar-refractivity contribution in [3.05, 3.63) is 18.0 Å². The van der Waals surface area contributed by atoms with E-state index in [1.807, 2.05) is 13.1 Å². The highest BCUT2D eigenvalue weighted by Crippen LogP contribution is 2.18. The van der Waals surface area contributed by atoms with Gasteiger partial charge in [-0.1, -0.05) is 5.16 Å². The zero-order chi connectivity index (χ0) is 10.7. The van der Waals surface area contributed by atoms with Gasteiger partial charge in [-0.2, -0.15) is 0 Å². The first-order valence-corrected chi connectivity index (χ1v) is 5.60. The molecule has 1 fully saturated rings. The second-order valence-electron chi connectivity index (χ2n) is 4.32. The van der Waals surface area contributed by atoms with E-state index >= 15 is 0 Å². The van der Waals surface area contributed by atoms with Crippen molar-refractivity contribution < 1.29 is 4.52 Å². The maximum atomic E-state index is 4.84. The van der Waals surface area contributed by atoms with Crippen molar-refractivity contribution in [1.82, 2.24) is 15.4 Å². The average Bonchev–Trinajstić information content (AvgIpc) is 2.74. The lowest BCUT2D eigenvalue weighted by molar-refractivity contribution is 0.128. The highest BCUT2D eigenvalue weighted by Gasteiger charge is 2.24. The monoisotopic (exact) mass is 209 g/mol. The Bertz CT molecular complexity index is 286. The normalized spacial score (nSPS) is 28.1. The molecule has 0 aliphatic carbocycles. The number of aromatic nitrogens is 1. The van der Waals surface area contributed by atoms with Crippen molar-refractivity contribution >= 4 is 0 Å². The van der Waals surface area contributed by atoms with Crippen molar-refractivity contribution in [3.8, 4) is 0 Å². The van der Waals surface area contributed by atoms with Crippen LogP contribution in [0.1, 0.15) is 25.5 Å². The molecule has 2 rings (SSSR count). The molecule has 0 aromatic carbocycles. The fraction of sp³-hybridized carbons (Fsp3) is 0.727. The molecule has 4 heteroatoms. The molecule has 1 saturated heterocycles. The second kappa shape index (κ2) is 4.77. The highest BCUT2D eigenvalue weighted by molar-refractivity contribution is 4.96. The van der Waals surface area contributed by atoms with Crippen LogP contribution in [-0.2, 0) is 6.54 Å². The molecule has 0 bridgehead atoms. The van der Waals surface area contributed by atoms with Gasteiger partial charge in [0, 0.05) is 31.2 Å². The van der Waals surface area contributed by atoms with E-state index in [0.29, 0.717) is 12.1 Å². The molecule has 2 heterocycles.